The van der Waals surface area contributed by atoms with Crippen molar-refractivity contribution in [2.75, 3.05) is 5.73 Å². The van der Waals surface area contributed by atoms with Gasteiger partial charge >= 0.3 is 0 Å². The summed E-state index contributed by atoms with van der Waals surface area (Å²) in [7, 11) is 0. The fourth-order valence-corrected chi connectivity index (χ4v) is 1.51. The number of aromatic nitrogens is 2. The molecule has 2 heterocycles. The van der Waals surface area contributed by atoms with E-state index in [1.807, 2.05) is 0 Å². The lowest BCUT2D eigenvalue weighted by atomic mass is 10.4. The van der Waals surface area contributed by atoms with Crippen LogP contribution in [0.3, 0.4) is 0 Å². The van der Waals surface area contributed by atoms with Gasteiger partial charge in [-0.2, -0.15) is 9.36 Å². The number of anilines is 1. The lowest BCUT2D eigenvalue weighted by Gasteiger charge is -1.84. The number of nitrogens with zero attached hydrogens (tertiary/aromatic N) is 2. The SMILES string of the molecule is Nc1nc(-c2ccc(Br)o2)ns1. The van der Waals surface area contributed by atoms with Gasteiger partial charge in [0.25, 0.3) is 0 Å². The molecule has 12 heavy (non-hydrogen) atoms. The van der Waals surface area contributed by atoms with Crippen LogP contribution in [-0.4, -0.2) is 9.36 Å². The average molecular weight is 246 g/mol. The summed E-state index contributed by atoms with van der Waals surface area (Å²) < 4.78 is 9.87. The van der Waals surface area contributed by atoms with Crippen molar-refractivity contribution in [3.8, 4) is 11.6 Å². The molecule has 0 atom stereocenters. The van der Waals surface area contributed by atoms with Crippen molar-refractivity contribution in [1.82, 2.24) is 9.36 Å². The Morgan fingerprint density at radius 1 is 1.50 bits per heavy atom. The third-order valence-electron chi connectivity index (χ3n) is 1.24. The fraction of sp³-hybridized carbons (Fsp3) is 0. The number of nitrogens with two attached hydrogens (primary N) is 1. The molecule has 62 valence electrons. The molecule has 0 aromatic carbocycles. The van der Waals surface area contributed by atoms with E-state index in [2.05, 4.69) is 25.3 Å². The molecular formula is C6H4BrN3OS. The minimum absolute atomic E-state index is 0.442. The minimum atomic E-state index is 0.442. The maximum atomic E-state index is 5.41. The van der Waals surface area contributed by atoms with Crippen LogP contribution in [0.5, 0.6) is 0 Å². The van der Waals surface area contributed by atoms with Crippen LogP contribution in [0.4, 0.5) is 5.13 Å². The maximum absolute atomic E-state index is 5.41. The van der Waals surface area contributed by atoms with Gasteiger partial charge in [-0.25, -0.2) is 0 Å². The van der Waals surface area contributed by atoms with E-state index in [4.69, 9.17) is 10.2 Å². The molecule has 0 aliphatic carbocycles. The molecular weight excluding hydrogens is 242 g/mol. The van der Waals surface area contributed by atoms with Crippen molar-refractivity contribution in [2.24, 2.45) is 0 Å². The van der Waals surface area contributed by atoms with Crippen molar-refractivity contribution in [1.29, 1.82) is 0 Å². The molecule has 0 aliphatic heterocycles. The summed E-state index contributed by atoms with van der Waals surface area (Å²) in [6, 6.07) is 3.57. The van der Waals surface area contributed by atoms with Crippen molar-refractivity contribution >= 4 is 32.6 Å². The second-order valence-corrected chi connectivity index (χ2v) is 3.62. The fourth-order valence-electron chi connectivity index (χ4n) is 0.770. The zero-order valence-corrected chi connectivity index (χ0v) is 8.22. The Kier molecular flexibility index (Phi) is 1.86. The zero-order chi connectivity index (χ0) is 8.55. The van der Waals surface area contributed by atoms with E-state index in [9.17, 15) is 0 Å². The Hall–Kier alpha value is -0.880. The highest BCUT2D eigenvalue weighted by atomic mass is 79.9. The smallest absolute Gasteiger partial charge is 0.210 e. The molecule has 0 radical (unpaired) electrons. The van der Waals surface area contributed by atoms with Crippen LogP contribution in [0.25, 0.3) is 11.6 Å². The second kappa shape index (κ2) is 2.87. The molecule has 0 fully saturated rings. The summed E-state index contributed by atoms with van der Waals surface area (Å²) in [5.74, 6) is 1.15. The highest BCUT2D eigenvalue weighted by Gasteiger charge is 2.07. The van der Waals surface area contributed by atoms with Crippen molar-refractivity contribution in [2.45, 2.75) is 0 Å². The van der Waals surface area contributed by atoms with Crippen molar-refractivity contribution in [3.63, 3.8) is 0 Å². The molecule has 2 aromatic heterocycles. The van der Waals surface area contributed by atoms with Crippen LogP contribution in [0.15, 0.2) is 21.2 Å². The number of hydrogen-bond acceptors (Lipinski definition) is 5. The Bertz CT molecular complexity index is 359. The maximum Gasteiger partial charge on any atom is 0.210 e. The normalized spacial score (nSPS) is 10.4. The van der Waals surface area contributed by atoms with Gasteiger partial charge < -0.3 is 10.2 Å². The van der Waals surface area contributed by atoms with E-state index >= 15 is 0 Å². The van der Waals surface area contributed by atoms with Crippen molar-refractivity contribution < 1.29 is 4.42 Å². The average Bonchev–Trinajstić information content (AvgIpc) is 2.58. The van der Waals surface area contributed by atoms with E-state index < -0.39 is 0 Å². The minimum Gasteiger partial charge on any atom is -0.446 e. The summed E-state index contributed by atoms with van der Waals surface area (Å²) in [5, 5.41) is 0.442. The van der Waals surface area contributed by atoms with Crippen LogP contribution >= 0.6 is 27.5 Å². The summed E-state index contributed by atoms with van der Waals surface area (Å²) in [5.41, 5.74) is 5.41. The van der Waals surface area contributed by atoms with Gasteiger partial charge in [-0.1, -0.05) is 0 Å². The molecule has 4 nitrogen and oxygen atoms in total. The molecule has 0 saturated heterocycles. The van der Waals surface area contributed by atoms with E-state index in [0.29, 0.717) is 21.4 Å². The molecule has 0 saturated carbocycles. The molecule has 2 aromatic rings. The van der Waals surface area contributed by atoms with E-state index in [0.717, 1.165) is 11.5 Å². The third-order valence-corrected chi connectivity index (χ3v) is 2.20. The van der Waals surface area contributed by atoms with Crippen LogP contribution in [-0.2, 0) is 0 Å². The number of furan rings is 1. The van der Waals surface area contributed by atoms with E-state index in [1.54, 1.807) is 12.1 Å². The van der Waals surface area contributed by atoms with Gasteiger partial charge in [-0.3, -0.25) is 0 Å². The largest absolute Gasteiger partial charge is 0.446 e. The van der Waals surface area contributed by atoms with Gasteiger partial charge in [0.2, 0.25) is 5.82 Å². The van der Waals surface area contributed by atoms with Gasteiger partial charge in [0, 0.05) is 11.5 Å². The lowest BCUT2D eigenvalue weighted by Crippen LogP contribution is -1.81. The monoisotopic (exact) mass is 245 g/mol. The lowest BCUT2D eigenvalue weighted by molar-refractivity contribution is 0.552. The Morgan fingerprint density at radius 2 is 2.33 bits per heavy atom. The third kappa shape index (κ3) is 1.35. The molecule has 0 aliphatic rings. The summed E-state index contributed by atoms with van der Waals surface area (Å²) in [6.45, 7) is 0. The van der Waals surface area contributed by atoms with Crippen LogP contribution < -0.4 is 5.73 Å². The van der Waals surface area contributed by atoms with Crippen molar-refractivity contribution in [3.05, 3.63) is 16.8 Å². The highest BCUT2D eigenvalue weighted by molar-refractivity contribution is 9.10. The quantitative estimate of drug-likeness (QED) is 0.837. The predicted octanol–water partition coefficient (Wildman–Crippen LogP) is 2.14. The number of hydrogen-bond donors (Lipinski definition) is 1. The van der Waals surface area contributed by atoms with Crippen LogP contribution in [0, 0.1) is 0 Å². The highest BCUT2D eigenvalue weighted by Crippen LogP contribution is 2.24. The van der Waals surface area contributed by atoms with Crippen LogP contribution in [0.1, 0.15) is 0 Å². The summed E-state index contributed by atoms with van der Waals surface area (Å²) in [4.78, 5) is 3.96. The topological polar surface area (TPSA) is 64.9 Å². The molecule has 2 N–H and O–H groups in total. The summed E-state index contributed by atoms with van der Waals surface area (Å²) in [6.07, 6.45) is 0. The zero-order valence-electron chi connectivity index (χ0n) is 5.82. The van der Waals surface area contributed by atoms with Gasteiger partial charge in [0.05, 0.1) is 0 Å². The van der Waals surface area contributed by atoms with Gasteiger partial charge in [-0.05, 0) is 28.1 Å². The first-order valence-corrected chi connectivity index (χ1v) is 4.67. The molecule has 6 heteroatoms. The predicted molar refractivity (Wildman–Crippen MR) is 49.7 cm³/mol. The molecule has 2 rings (SSSR count). The molecule has 0 unspecified atom stereocenters. The summed E-state index contributed by atoms with van der Waals surface area (Å²) >= 11 is 4.34. The van der Waals surface area contributed by atoms with Gasteiger partial charge in [0.15, 0.2) is 15.6 Å². The molecule has 0 bridgehead atoms. The Labute approximate surface area is 80.7 Å². The standard InChI is InChI=1S/C6H4BrN3OS/c7-4-2-1-3(11-4)5-9-6(8)12-10-5/h1-2H,(H2,8,9,10). The molecule has 0 amide bonds. The van der Waals surface area contributed by atoms with E-state index in [1.165, 1.54) is 0 Å². The number of nitrogen functional groups attached to an aromatic ring is 1. The van der Waals surface area contributed by atoms with Gasteiger partial charge in [-0.15, -0.1) is 0 Å². The van der Waals surface area contributed by atoms with Crippen LogP contribution in [0.2, 0.25) is 0 Å². The molecule has 0 spiro atoms. The van der Waals surface area contributed by atoms with E-state index in [-0.39, 0.29) is 0 Å². The number of rotatable bonds is 1. The second-order valence-electron chi connectivity index (χ2n) is 2.06. The first-order valence-electron chi connectivity index (χ1n) is 3.10. The van der Waals surface area contributed by atoms with Gasteiger partial charge in [0.1, 0.15) is 0 Å². The first-order chi connectivity index (χ1) is 5.75. The Morgan fingerprint density at radius 3 is 2.83 bits per heavy atom. The number of halogens is 1. The Balaban J connectivity index is 2.43. The first kappa shape index (κ1) is 7.75.